The Bertz CT molecular complexity index is 482. The molecule has 1 rings (SSSR count). The zero-order valence-corrected chi connectivity index (χ0v) is 10.9. The molecule has 0 aliphatic carbocycles. The average molecular weight is 273 g/mol. The molecule has 98 valence electrons. The van der Waals surface area contributed by atoms with E-state index in [1.807, 2.05) is 0 Å². The summed E-state index contributed by atoms with van der Waals surface area (Å²) in [4.78, 5) is 25.9. The van der Waals surface area contributed by atoms with E-state index in [2.05, 4.69) is 10.3 Å². The second-order valence-electron chi connectivity index (χ2n) is 4.48. The largest absolute Gasteiger partial charge is 0.478 e. The van der Waals surface area contributed by atoms with Gasteiger partial charge >= 0.3 is 12.1 Å². The summed E-state index contributed by atoms with van der Waals surface area (Å²) in [5.41, 5.74) is -0.763. The van der Waals surface area contributed by atoms with Crippen molar-refractivity contribution in [1.82, 2.24) is 4.98 Å². The minimum Gasteiger partial charge on any atom is -0.478 e. The number of ether oxygens (including phenoxy) is 1. The van der Waals surface area contributed by atoms with E-state index in [1.54, 1.807) is 20.8 Å². The second kappa shape index (κ2) is 5.22. The summed E-state index contributed by atoms with van der Waals surface area (Å²) >= 11 is 5.73. The first-order chi connectivity index (χ1) is 8.19. The highest BCUT2D eigenvalue weighted by molar-refractivity contribution is 6.33. The van der Waals surface area contributed by atoms with Crippen molar-refractivity contribution in [2.75, 3.05) is 5.32 Å². The molecular formula is C11H13ClN2O4. The lowest BCUT2D eigenvalue weighted by Crippen LogP contribution is -2.27. The van der Waals surface area contributed by atoms with Gasteiger partial charge in [0.05, 0.1) is 10.6 Å². The second-order valence-corrected chi connectivity index (χ2v) is 4.89. The predicted octanol–water partition coefficient (Wildman–Crippen LogP) is 2.78. The zero-order valence-electron chi connectivity index (χ0n) is 10.2. The monoisotopic (exact) mass is 272 g/mol. The maximum Gasteiger partial charge on any atom is 0.413 e. The molecule has 0 aliphatic heterocycles. The van der Waals surface area contributed by atoms with Crippen LogP contribution in [0.1, 0.15) is 31.1 Å². The van der Waals surface area contributed by atoms with Crippen LogP contribution in [-0.2, 0) is 4.74 Å². The number of carbonyl (C=O) groups is 2. The summed E-state index contributed by atoms with van der Waals surface area (Å²) in [6, 6.07) is 1.24. The molecule has 1 aromatic heterocycles. The molecule has 1 aromatic rings. The van der Waals surface area contributed by atoms with Crippen molar-refractivity contribution in [3.05, 3.63) is 22.8 Å². The van der Waals surface area contributed by atoms with Gasteiger partial charge < -0.3 is 9.84 Å². The van der Waals surface area contributed by atoms with Crippen LogP contribution in [0.5, 0.6) is 0 Å². The number of halogens is 1. The number of amides is 1. The van der Waals surface area contributed by atoms with Gasteiger partial charge in [-0.2, -0.15) is 0 Å². The van der Waals surface area contributed by atoms with Crippen molar-refractivity contribution < 1.29 is 19.4 Å². The molecule has 0 spiro atoms. The molecule has 18 heavy (non-hydrogen) atoms. The number of anilines is 1. The zero-order chi connectivity index (χ0) is 13.9. The van der Waals surface area contributed by atoms with E-state index in [0.29, 0.717) is 0 Å². The summed E-state index contributed by atoms with van der Waals surface area (Å²) in [7, 11) is 0. The van der Waals surface area contributed by atoms with E-state index in [-0.39, 0.29) is 16.4 Å². The highest BCUT2D eigenvalue weighted by Crippen LogP contribution is 2.19. The highest BCUT2D eigenvalue weighted by Gasteiger charge is 2.17. The first-order valence-electron chi connectivity index (χ1n) is 5.08. The summed E-state index contributed by atoms with van der Waals surface area (Å²) in [6.45, 7) is 5.17. The van der Waals surface area contributed by atoms with Crippen LogP contribution in [0, 0.1) is 0 Å². The number of nitrogens with zero attached hydrogens (tertiary/aromatic N) is 1. The molecular weight excluding hydrogens is 260 g/mol. The van der Waals surface area contributed by atoms with Crippen LogP contribution < -0.4 is 5.32 Å². The Morgan fingerprint density at radius 3 is 2.50 bits per heavy atom. The third kappa shape index (κ3) is 4.21. The third-order valence-electron chi connectivity index (χ3n) is 1.71. The molecule has 1 amide bonds. The first-order valence-corrected chi connectivity index (χ1v) is 5.45. The molecule has 0 unspecified atom stereocenters. The maximum atomic E-state index is 11.4. The number of rotatable bonds is 2. The summed E-state index contributed by atoms with van der Waals surface area (Å²) in [6.07, 6.45) is 0.381. The highest BCUT2D eigenvalue weighted by atomic mass is 35.5. The molecule has 7 heteroatoms. The minimum absolute atomic E-state index is 0.0106. The Kier molecular flexibility index (Phi) is 4.13. The maximum absolute atomic E-state index is 11.4. The van der Waals surface area contributed by atoms with Gasteiger partial charge in [-0.1, -0.05) is 11.6 Å². The average Bonchev–Trinajstić information content (AvgIpc) is 2.13. The van der Waals surface area contributed by atoms with Gasteiger partial charge in [0, 0.05) is 12.3 Å². The number of aromatic nitrogens is 1. The Labute approximate surface area is 109 Å². The minimum atomic E-state index is -1.18. The van der Waals surface area contributed by atoms with E-state index in [9.17, 15) is 9.59 Å². The van der Waals surface area contributed by atoms with Crippen LogP contribution in [0.25, 0.3) is 0 Å². The van der Waals surface area contributed by atoms with Gasteiger partial charge in [-0.15, -0.1) is 0 Å². The van der Waals surface area contributed by atoms with E-state index >= 15 is 0 Å². The van der Waals surface area contributed by atoms with Crippen molar-refractivity contribution >= 4 is 29.5 Å². The number of pyridine rings is 1. The Morgan fingerprint density at radius 2 is 2.06 bits per heavy atom. The molecule has 0 aliphatic rings. The van der Waals surface area contributed by atoms with Crippen LogP contribution in [0.15, 0.2) is 12.3 Å². The van der Waals surface area contributed by atoms with E-state index in [1.165, 1.54) is 6.07 Å². The fourth-order valence-electron chi connectivity index (χ4n) is 1.06. The van der Waals surface area contributed by atoms with E-state index in [0.717, 1.165) is 6.20 Å². The topological polar surface area (TPSA) is 88.5 Å². The Balaban J connectivity index is 2.78. The number of nitrogens with one attached hydrogen (secondary N) is 1. The lowest BCUT2D eigenvalue weighted by molar-refractivity contribution is 0.0634. The smallest absolute Gasteiger partial charge is 0.413 e. The molecule has 1 heterocycles. The van der Waals surface area contributed by atoms with E-state index < -0.39 is 17.7 Å². The summed E-state index contributed by atoms with van der Waals surface area (Å²) in [5.74, 6) is -1.06. The lowest BCUT2D eigenvalue weighted by Gasteiger charge is -2.19. The molecule has 0 radical (unpaired) electrons. The predicted molar refractivity (Wildman–Crippen MR) is 66.1 cm³/mol. The number of hydrogen-bond acceptors (Lipinski definition) is 4. The summed E-state index contributed by atoms with van der Waals surface area (Å²) in [5, 5.41) is 11.1. The molecule has 6 nitrogen and oxygen atoms in total. The van der Waals surface area contributed by atoms with Crippen molar-refractivity contribution in [3.63, 3.8) is 0 Å². The third-order valence-corrected chi connectivity index (χ3v) is 2.03. The number of carboxylic acid groups (broad SMARTS) is 1. The van der Waals surface area contributed by atoms with Crippen LogP contribution in [0.3, 0.4) is 0 Å². The van der Waals surface area contributed by atoms with Gasteiger partial charge in [0.25, 0.3) is 0 Å². The number of carboxylic acids is 1. The molecule has 0 atom stereocenters. The molecule has 0 fully saturated rings. The van der Waals surface area contributed by atoms with Crippen molar-refractivity contribution in [2.24, 2.45) is 0 Å². The van der Waals surface area contributed by atoms with Gasteiger partial charge in [0.2, 0.25) is 0 Å². The molecule has 0 saturated carbocycles. The van der Waals surface area contributed by atoms with Crippen LogP contribution in [0.4, 0.5) is 10.6 Å². The quantitative estimate of drug-likeness (QED) is 0.864. The number of hydrogen-bond donors (Lipinski definition) is 2. The first kappa shape index (κ1) is 14.2. The lowest BCUT2D eigenvalue weighted by atomic mass is 10.2. The van der Waals surface area contributed by atoms with Crippen LogP contribution >= 0.6 is 11.6 Å². The SMILES string of the molecule is CC(C)(C)OC(=O)Nc1cc(Cl)c(C(=O)O)cn1. The van der Waals surface area contributed by atoms with Gasteiger partial charge in [-0.3, -0.25) is 5.32 Å². The number of carbonyl (C=O) groups excluding carboxylic acids is 1. The fraction of sp³-hybridized carbons (Fsp3) is 0.364. The van der Waals surface area contributed by atoms with Gasteiger partial charge in [0.1, 0.15) is 11.4 Å². The van der Waals surface area contributed by atoms with Gasteiger partial charge in [-0.25, -0.2) is 14.6 Å². The molecule has 2 N–H and O–H groups in total. The molecule has 0 bridgehead atoms. The fourth-order valence-corrected chi connectivity index (χ4v) is 1.30. The number of aromatic carboxylic acids is 1. The Hall–Kier alpha value is -1.82. The normalized spacial score (nSPS) is 10.9. The van der Waals surface area contributed by atoms with Crippen molar-refractivity contribution in [3.8, 4) is 0 Å². The standard InChI is InChI=1S/C11H13ClN2O4/c1-11(2,3)18-10(17)14-8-4-7(12)6(5-13-8)9(15)16/h4-5H,1-3H3,(H,15,16)(H,13,14,17). The van der Waals surface area contributed by atoms with Gasteiger partial charge in [-0.05, 0) is 20.8 Å². The van der Waals surface area contributed by atoms with Crippen molar-refractivity contribution in [2.45, 2.75) is 26.4 Å². The Morgan fingerprint density at radius 1 is 1.44 bits per heavy atom. The van der Waals surface area contributed by atoms with Crippen molar-refractivity contribution in [1.29, 1.82) is 0 Å². The molecule has 0 saturated heterocycles. The molecule has 0 aromatic carbocycles. The van der Waals surface area contributed by atoms with Crippen LogP contribution in [0.2, 0.25) is 5.02 Å². The summed E-state index contributed by atoms with van der Waals surface area (Å²) < 4.78 is 5.01. The van der Waals surface area contributed by atoms with E-state index in [4.69, 9.17) is 21.4 Å². The van der Waals surface area contributed by atoms with Crippen LogP contribution in [-0.4, -0.2) is 27.8 Å². The van der Waals surface area contributed by atoms with Gasteiger partial charge in [0.15, 0.2) is 0 Å².